The van der Waals surface area contributed by atoms with Crippen molar-refractivity contribution in [1.82, 2.24) is 10.2 Å². The summed E-state index contributed by atoms with van der Waals surface area (Å²) in [6.07, 6.45) is 2.37. The first-order valence-corrected chi connectivity index (χ1v) is 7.25. The van der Waals surface area contributed by atoms with Gasteiger partial charge in [0.2, 0.25) is 0 Å². The van der Waals surface area contributed by atoms with E-state index in [4.69, 9.17) is 0 Å². The Morgan fingerprint density at radius 2 is 2.11 bits per heavy atom. The van der Waals surface area contributed by atoms with E-state index in [-0.39, 0.29) is 11.4 Å². The first-order chi connectivity index (χ1) is 9.03. The third kappa shape index (κ3) is 3.54. The van der Waals surface area contributed by atoms with Crippen molar-refractivity contribution in [3.63, 3.8) is 0 Å². The smallest absolute Gasteiger partial charge is 0.127 e. The molecule has 1 atom stereocenters. The zero-order valence-corrected chi connectivity index (χ0v) is 12.2. The van der Waals surface area contributed by atoms with E-state index in [1.165, 1.54) is 12.8 Å². The molecule has 1 N–H and O–H groups in total. The molecule has 1 aromatic carbocycles. The lowest BCUT2D eigenvalue weighted by Gasteiger charge is -2.46. The highest BCUT2D eigenvalue weighted by Crippen LogP contribution is 2.23. The maximum Gasteiger partial charge on any atom is 0.127 e. The summed E-state index contributed by atoms with van der Waals surface area (Å²) in [6.45, 7) is 9.32. The maximum atomic E-state index is 13.8. The van der Waals surface area contributed by atoms with Crippen LogP contribution in [0.1, 0.15) is 39.2 Å². The van der Waals surface area contributed by atoms with Crippen LogP contribution in [0.4, 0.5) is 4.39 Å². The zero-order chi connectivity index (χ0) is 13.9. The largest absolute Gasteiger partial charge is 0.311 e. The fraction of sp³-hybridized carbons (Fsp3) is 0.625. The van der Waals surface area contributed by atoms with Crippen LogP contribution < -0.4 is 5.32 Å². The second kappa shape index (κ2) is 6.02. The van der Waals surface area contributed by atoms with E-state index in [2.05, 4.69) is 31.0 Å². The van der Waals surface area contributed by atoms with Crippen molar-refractivity contribution in [2.24, 2.45) is 0 Å². The lowest BCUT2D eigenvalue weighted by atomic mass is 9.95. The third-order valence-corrected chi connectivity index (χ3v) is 4.08. The molecule has 1 unspecified atom stereocenters. The Kier molecular flexibility index (Phi) is 4.58. The van der Waals surface area contributed by atoms with Gasteiger partial charge in [-0.1, -0.05) is 31.5 Å². The van der Waals surface area contributed by atoms with Gasteiger partial charge in [0.25, 0.3) is 0 Å². The van der Waals surface area contributed by atoms with Gasteiger partial charge < -0.3 is 5.32 Å². The van der Waals surface area contributed by atoms with Crippen LogP contribution in [0.5, 0.6) is 0 Å². The third-order valence-electron chi connectivity index (χ3n) is 4.08. The van der Waals surface area contributed by atoms with Crippen LogP contribution in [0, 0.1) is 5.82 Å². The van der Waals surface area contributed by atoms with Crippen molar-refractivity contribution in [2.45, 2.75) is 51.7 Å². The van der Waals surface area contributed by atoms with Gasteiger partial charge >= 0.3 is 0 Å². The van der Waals surface area contributed by atoms with Crippen molar-refractivity contribution in [3.05, 3.63) is 35.6 Å². The molecular formula is C16H25FN2. The van der Waals surface area contributed by atoms with Crippen LogP contribution in [0.25, 0.3) is 0 Å². The number of benzene rings is 1. The molecule has 1 aliphatic rings. The molecule has 1 fully saturated rings. The van der Waals surface area contributed by atoms with Gasteiger partial charge in [0, 0.05) is 36.8 Å². The van der Waals surface area contributed by atoms with Crippen LogP contribution in [0.2, 0.25) is 0 Å². The molecule has 1 heterocycles. The van der Waals surface area contributed by atoms with Crippen molar-refractivity contribution >= 4 is 0 Å². The minimum absolute atomic E-state index is 0.0759. The summed E-state index contributed by atoms with van der Waals surface area (Å²) in [5.74, 6) is -0.0936. The fourth-order valence-corrected chi connectivity index (χ4v) is 2.74. The minimum atomic E-state index is -0.0936. The van der Waals surface area contributed by atoms with Crippen LogP contribution in [0.15, 0.2) is 24.3 Å². The fourth-order valence-electron chi connectivity index (χ4n) is 2.74. The first-order valence-electron chi connectivity index (χ1n) is 7.25. The van der Waals surface area contributed by atoms with Gasteiger partial charge in [-0.3, -0.25) is 4.90 Å². The van der Waals surface area contributed by atoms with Crippen LogP contribution in [-0.2, 0) is 6.54 Å². The molecule has 3 heteroatoms. The summed E-state index contributed by atoms with van der Waals surface area (Å²) in [5, 5.41) is 3.61. The molecule has 0 spiro atoms. The molecule has 1 aliphatic heterocycles. The van der Waals surface area contributed by atoms with E-state index in [1.54, 1.807) is 12.1 Å². The first kappa shape index (κ1) is 14.5. The average molecular weight is 264 g/mol. The highest BCUT2D eigenvalue weighted by molar-refractivity contribution is 5.17. The average Bonchev–Trinajstić information content (AvgIpc) is 2.36. The van der Waals surface area contributed by atoms with Gasteiger partial charge in [0.1, 0.15) is 5.82 Å². The highest BCUT2D eigenvalue weighted by Gasteiger charge is 2.33. The normalized spacial score (nSPS) is 23.5. The van der Waals surface area contributed by atoms with Gasteiger partial charge in [-0.2, -0.15) is 0 Å². The minimum Gasteiger partial charge on any atom is -0.311 e. The molecule has 2 rings (SSSR count). The van der Waals surface area contributed by atoms with E-state index in [9.17, 15) is 4.39 Å². The number of piperazine rings is 1. The molecular weight excluding hydrogens is 239 g/mol. The number of nitrogens with one attached hydrogen (secondary N) is 1. The molecule has 19 heavy (non-hydrogen) atoms. The van der Waals surface area contributed by atoms with Crippen molar-refractivity contribution in [1.29, 1.82) is 0 Å². The Morgan fingerprint density at radius 1 is 1.37 bits per heavy atom. The topological polar surface area (TPSA) is 15.3 Å². The Labute approximate surface area is 116 Å². The monoisotopic (exact) mass is 264 g/mol. The number of halogens is 1. The number of nitrogens with zero attached hydrogens (tertiary/aromatic N) is 1. The van der Waals surface area contributed by atoms with E-state index in [0.29, 0.717) is 12.6 Å². The summed E-state index contributed by atoms with van der Waals surface area (Å²) in [6, 6.07) is 7.64. The summed E-state index contributed by atoms with van der Waals surface area (Å²) >= 11 is 0. The SMILES string of the molecule is CCCC1CN(Cc2ccccc2F)C(C)(C)CN1. The Hall–Kier alpha value is -0.930. The standard InChI is InChI=1S/C16H25FN2/c1-4-7-14-11-19(16(2,3)12-18-14)10-13-8-5-6-9-15(13)17/h5-6,8-9,14,18H,4,7,10-12H2,1-3H3. The Morgan fingerprint density at radius 3 is 2.79 bits per heavy atom. The van der Waals surface area contributed by atoms with Crippen molar-refractivity contribution in [2.75, 3.05) is 13.1 Å². The van der Waals surface area contributed by atoms with E-state index < -0.39 is 0 Å². The van der Waals surface area contributed by atoms with Crippen LogP contribution in [-0.4, -0.2) is 29.6 Å². The molecule has 106 valence electrons. The van der Waals surface area contributed by atoms with Gasteiger partial charge in [0.15, 0.2) is 0 Å². The molecule has 0 amide bonds. The molecule has 0 saturated carbocycles. The molecule has 0 aliphatic carbocycles. The summed E-state index contributed by atoms with van der Waals surface area (Å²) in [4.78, 5) is 2.41. The van der Waals surface area contributed by atoms with Crippen LogP contribution >= 0.6 is 0 Å². The second-order valence-electron chi connectivity index (χ2n) is 6.15. The van der Waals surface area contributed by atoms with Gasteiger partial charge in [-0.05, 0) is 26.3 Å². The lowest BCUT2D eigenvalue weighted by molar-refractivity contribution is 0.0554. The molecule has 0 bridgehead atoms. The quantitative estimate of drug-likeness (QED) is 0.898. The predicted molar refractivity (Wildman–Crippen MR) is 77.6 cm³/mol. The van der Waals surface area contributed by atoms with Gasteiger partial charge in [-0.15, -0.1) is 0 Å². The van der Waals surface area contributed by atoms with Gasteiger partial charge in [-0.25, -0.2) is 4.39 Å². The van der Waals surface area contributed by atoms with Crippen LogP contribution in [0.3, 0.4) is 0 Å². The number of hydrogen-bond donors (Lipinski definition) is 1. The van der Waals surface area contributed by atoms with E-state index >= 15 is 0 Å². The summed E-state index contributed by atoms with van der Waals surface area (Å²) in [5.41, 5.74) is 0.875. The lowest BCUT2D eigenvalue weighted by Crippen LogP contribution is -2.61. The van der Waals surface area contributed by atoms with E-state index in [1.807, 2.05) is 12.1 Å². The van der Waals surface area contributed by atoms with Crippen molar-refractivity contribution in [3.8, 4) is 0 Å². The number of hydrogen-bond acceptors (Lipinski definition) is 2. The summed E-state index contributed by atoms with van der Waals surface area (Å²) in [7, 11) is 0. The zero-order valence-electron chi connectivity index (χ0n) is 12.2. The molecule has 1 saturated heterocycles. The maximum absolute atomic E-state index is 13.8. The summed E-state index contributed by atoms with van der Waals surface area (Å²) < 4.78 is 13.8. The predicted octanol–water partition coefficient (Wildman–Crippen LogP) is 3.18. The molecule has 1 aromatic rings. The molecule has 2 nitrogen and oxygen atoms in total. The highest BCUT2D eigenvalue weighted by atomic mass is 19.1. The second-order valence-corrected chi connectivity index (χ2v) is 6.15. The van der Waals surface area contributed by atoms with E-state index in [0.717, 1.165) is 18.7 Å². The Balaban J connectivity index is 2.09. The Bertz CT molecular complexity index is 417. The molecule has 0 radical (unpaired) electrons. The van der Waals surface area contributed by atoms with Gasteiger partial charge in [0.05, 0.1) is 0 Å². The van der Waals surface area contributed by atoms with Crippen molar-refractivity contribution < 1.29 is 4.39 Å². The molecule has 0 aromatic heterocycles. The number of rotatable bonds is 4.